The van der Waals surface area contributed by atoms with Gasteiger partial charge >= 0.3 is 0 Å². The SMILES string of the molecule is CCNc1ccc(Cl)cc1C(=O)N(C)C1CCOC1. The summed E-state index contributed by atoms with van der Waals surface area (Å²) in [5, 5.41) is 3.76. The van der Waals surface area contributed by atoms with Gasteiger partial charge in [-0.2, -0.15) is 0 Å². The summed E-state index contributed by atoms with van der Waals surface area (Å²) in [6, 6.07) is 5.50. The second-order valence-electron chi connectivity index (χ2n) is 4.65. The molecule has 1 atom stereocenters. The van der Waals surface area contributed by atoms with Crippen molar-refractivity contribution in [3.8, 4) is 0 Å². The molecule has 104 valence electrons. The Balaban J connectivity index is 2.23. The molecule has 2 rings (SSSR count). The van der Waals surface area contributed by atoms with Crippen LogP contribution in [-0.2, 0) is 4.74 Å². The van der Waals surface area contributed by atoms with Crippen molar-refractivity contribution in [3.63, 3.8) is 0 Å². The Hall–Kier alpha value is -1.26. The van der Waals surface area contributed by atoms with Crippen LogP contribution in [0.1, 0.15) is 23.7 Å². The van der Waals surface area contributed by atoms with Crippen LogP contribution in [0.3, 0.4) is 0 Å². The van der Waals surface area contributed by atoms with E-state index < -0.39 is 0 Å². The number of carbonyl (C=O) groups excluding carboxylic acids is 1. The van der Waals surface area contributed by atoms with Gasteiger partial charge in [-0.25, -0.2) is 0 Å². The number of benzene rings is 1. The topological polar surface area (TPSA) is 41.6 Å². The van der Waals surface area contributed by atoms with Gasteiger partial charge in [-0.3, -0.25) is 4.79 Å². The minimum Gasteiger partial charge on any atom is -0.385 e. The number of hydrogen-bond acceptors (Lipinski definition) is 3. The summed E-state index contributed by atoms with van der Waals surface area (Å²) >= 11 is 6.00. The lowest BCUT2D eigenvalue weighted by molar-refractivity contribution is 0.0712. The molecular formula is C14H19ClN2O2. The molecule has 1 fully saturated rings. The number of likely N-dealkylation sites (N-methyl/N-ethyl adjacent to an activating group) is 1. The molecule has 0 spiro atoms. The maximum absolute atomic E-state index is 12.6. The van der Waals surface area contributed by atoms with Crippen molar-refractivity contribution in [3.05, 3.63) is 28.8 Å². The zero-order chi connectivity index (χ0) is 13.8. The number of nitrogens with one attached hydrogen (secondary N) is 1. The molecule has 1 unspecified atom stereocenters. The molecule has 1 saturated heterocycles. The third kappa shape index (κ3) is 3.19. The first-order valence-electron chi connectivity index (χ1n) is 6.51. The van der Waals surface area contributed by atoms with E-state index in [9.17, 15) is 4.79 Å². The Morgan fingerprint density at radius 2 is 2.37 bits per heavy atom. The van der Waals surface area contributed by atoms with Crippen molar-refractivity contribution in [1.82, 2.24) is 4.90 Å². The fraction of sp³-hybridized carbons (Fsp3) is 0.500. The predicted molar refractivity (Wildman–Crippen MR) is 76.9 cm³/mol. The third-order valence-electron chi connectivity index (χ3n) is 3.35. The van der Waals surface area contributed by atoms with Gasteiger partial charge in [-0.15, -0.1) is 0 Å². The predicted octanol–water partition coefficient (Wildman–Crippen LogP) is 2.63. The van der Waals surface area contributed by atoms with Crippen molar-refractivity contribution >= 4 is 23.2 Å². The highest BCUT2D eigenvalue weighted by Gasteiger charge is 2.26. The van der Waals surface area contributed by atoms with Gasteiger partial charge in [0.15, 0.2) is 0 Å². The van der Waals surface area contributed by atoms with E-state index in [-0.39, 0.29) is 11.9 Å². The van der Waals surface area contributed by atoms with E-state index >= 15 is 0 Å². The molecule has 1 aromatic carbocycles. The zero-order valence-corrected chi connectivity index (χ0v) is 12.0. The molecule has 0 radical (unpaired) electrons. The number of amides is 1. The van der Waals surface area contributed by atoms with Crippen molar-refractivity contribution in [2.75, 3.05) is 32.1 Å². The molecular weight excluding hydrogens is 264 g/mol. The van der Waals surface area contributed by atoms with Gasteiger partial charge < -0.3 is 15.0 Å². The summed E-state index contributed by atoms with van der Waals surface area (Å²) in [7, 11) is 1.82. The summed E-state index contributed by atoms with van der Waals surface area (Å²) in [4.78, 5) is 14.3. The van der Waals surface area contributed by atoms with E-state index in [0.29, 0.717) is 17.2 Å². The second-order valence-corrected chi connectivity index (χ2v) is 5.09. The monoisotopic (exact) mass is 282 g/mol. The van der Waals surface area contributed by atoms with Crippen molar-refractivity contribution in [2.45, 2.75) is 19.4 Å². The lowest BCUT2D eigenvalue weighted by atomic mass is 10.1. The van der Waals surface area contributed by atoms with Gasteiger partial charge in [0.05, 0.1) is 18.2 Å². The van der Waals surface area contributed by atoms with E-state index in [1.165, 1.54) is 0 Å². The number of carbonyl (C=O) groups is 1. The van der Waals surface area contributed by atoms with E-state index in [4.69, 9.17) is 16.3 Å². The quantitative estimate of drug-likeness (QED) is 0.923. The van der Waals surface area contributed by atoms with Crippen LogP contribution in [0.2, 0.25) is 5.02 Å². The largest absolute Gasteiger partial charge is 0.385 e. The van der Waals surface area contributed by atoms with Crippen LogP contribution in [0.15, 0.2) is 18.2 Å². The molecule has 1 amide bonds. The van der Waals surface area contributed by atoms with E-state index in [1.54, 1.807) is 17.0 Å². The molecule has 4 nitrogen and oxygen atoms in total. The summed E-state index contributed by atoms with van der Waals surface area (Å²) in [6.07, 6.45) is 0.888. The van der Waals surface area contributed by atoms with Crippen LogP contribution in [0, 0.1) is 0 Å². The zero-order valence-electron chi connectivity index (χ0n) is 11.3. The number of rotatable bonds is 4. The van der Waals surface area contributed by atoms with Crippen molar-refractivity contribution < 1.29 is 9.53 Å². The van der Waals surface area contributed by atoms with E-state index in [2.05, 4.69) is 5.32 Å². The second kappa shape index (κ2) is 6.26. The fourth-order valence-corrected chi connectivity index (χ4v) is 2.39. The number of nitrogens with zero attached hydrogens (tertiary/aromatic N) is 1. The van der Waals surface area contributed by atoms with Gasteiger partial charge in [0, 0.05) is 30.9 Å². The number of ether oxygens (including phenoxy) is 1. The molecule has 19 heavy (non-hydrogen) atoms. The molecule has 5 heteroatoms. The highest BCUT2D eigenvalue weighted by Crippen LogP contribution is 2.23. The third-order valence-corrected chi connectivity index (χ3v) is 3.59. The molecule has 0 saturated carbocycles. The van der Waals surface area contributed by atoms with Gasteiger partial charge in [-0.05, 0) is 31.5 Å². The molecule has 0 bridgehead atoms. The Bertz CT molecular complexity index is 459. The molecule has 1 aromatic rings. The first-order chi connectivity index (χ1) is 9.13. The molecule has 1 aliphatic heterocycles. The van der Waals surface area contributed by atoms with Crippen LogP contribution in [0.5, 0.6) is 0 Å². The number of halogens is 1. The minimum absolute atomic E-state index is 0.0195. The molecule has 1 aliphatic rings. The van der Waals surface area contributed by atoms with E-state index in [0.717, 1.165) is 25.3 Å². The van der Waals surface area contributed by atoms with Crippen LogP contribution < -0.4 is 5.32 Å². The van der Waals surface area contributed by atoms with Gasteiger partial charge in [-0.1, -0.05) is 11.6 Å². The van der Waals surface area contributed by atoms with Gasteiger partial charge in [0.2, 0.25) is 0 Å². The van der Waals surface area contributed by atoms with Crippen LogP contribution in [0.4, 0.5) is 5.69 Å². The maximum Gasteiger partial charge on any atom is 0.256 e. The Morgan fingerprint density at radius 1 is 1.58 bits per heavy atom. The Kier molecular flexibility index (Phi) is 4.66. The lowest BCUT2D eigenvalue weighted by Crippen LogP contribution is -2.37. The standard InChI is InChI=1S/C14H19ClN2O2/c1-3-16-13-5-4-10(15)8-12(13)14(18)17(2)11-6-7-19-9-11/h4-5,8,11,16H,3,6-7,9H2,1-2H3. The summed E-state index contributed by atoms with van der Waals surface area (Å²) in [5.41, 5.74) is 1.44. The van der Waals surface area contributed by atoms with Crippen molar-refractivity contribution in [1.29, 1.82) is 0 Å². The van der Waals surface area contributed by atoms with Crippen LogP contribution in [-0.4, -0.2) is 43.7 Å². The van der Waals surface area contributed by atoms with Crippen molar-refractivity contribution in [2.24, 2.45) is 0 Å². The summed E-state index contributed by atoms with van der Waals surface area (Å²) in [5.74, 6) is -0.0195. The van der Waals surface area contributed by atoms with Crippen LogP contribution in [0.25, 0.3) is 0 Å². The lowest BCUT2D eigenvalue weighted by Gasteiger charge is -2.24. The smallest absolute Gasteiger partial charge is 0.256 e. The highest BCUT2D eigenvalue weighted by atomic mass is 35.5. The summed E-state index contributed by atoms with van der Waals surface area (Å²) in [6.45, 7) is 4.09. The first kappa shape index (κ1) is 14.2. The maximum atomic E-state index is 12.6. The Labute approximate surface area is 118 Å². The summed E-state index contributed by atoms with van der Waals surface area (Å²) < 4.78 is 5.33. The molecule has 1 heterocycles. The van der Waals surface area contributed by atoms with E-state index in [1.807, 2.05) is 20.0 Å². The van der Waals surface area contributed by atoms with Crippen LogP contribution >= 0.6 is 11.6 Å². The minimum atomic E-state index is -0.0195. The highest BCUT2D eigenvalue weighted by molar-refractivity contribution is 6.31. The molecule has 0 aromatic heterocycles. The molecule has 0 aliphatic carbocycles. The number of hydrogen-bond donors (Lipinski definition) is 1. The average Bonchev–Trinajstić information content (AvgIpc) is 2.93. The fourth-order valence-electron chi connectivity index (χ4n) is 2.22. The average molecular weight is 283 g/mol. The number of anilines is 1. The Morgan fingerprint density at radius 3 is 3.00 bits per heavy atom. The first-order valence-corrected chi connectivity index (χ1v) is 6.89. The van der Waals surface area contributed by atoms with Gasteiger partial charge in [0.25, 0.3) is 5.91 Å². The normalized spacial score (nSPS) is 18.4. The molecule has 1 N–H and O–H groups in total. The van der Waals surface area contributed by atoms with Gasteiger partial charge in [0.1, 0.15) is 0 Å².